The molecule has 0 aliphatic carbocycles. The SMILES string of the molecule is C/C(=C\C(=C(/C)NC(=O)NCCC(C)C)C(C)C)C(=O)N1CCNCC1.CCC#CCCC. The number of amides is 3. The van der Waals surface area contributed by atoms with Gasteiger partial charge in [0.25, 0.3) is 0 Å². The van der Waals surface area contributed by atoms with Crippen LogP contribution < -0.4 is 16.0 Å². The van der Waals surface area contributed by atoms with Crippen LogP contribution in [0.2, 0.25) is 0 Å². The second-order valence-corrected chi connectivity index (χ2v) is 9.13. The predicted octanol–water partition coefficient (Wildman–Crippen LogP) is 4.84. The molecular weight excluding hydrogens is 412 g/mol. The van der Waals surface area contributed by atoms with Crippen LogP contribution in [0.1, 0.15) is 81.1 Å². The third-order valence-electron chi connectivity index (χ3n) is 5.15. The molecule has 1 aliphatic rings. The van der Waals surface area contributed by atoms with Crippen molar-refractivity contribution in [3.8, 4) is 11.8 Å². The van der Waals surface area contributed by atoms with Crippen LogP contribution in [0.25, 0.3) is 0 Å². The number of urea groups is 1. The molecule has 1 rings (SSSR count). The summed E-state index contributed by atoms with van der Waals surface area (Å²) in [5, 5.41) is 9.04. The van der Waals surface area contributed by atoms with Crippen molar-refractivity contribution >= 4 is 11.9 Å². The van der Waals surface area contributed by atoms with Crippen molar-refractivity contribution in [1.29, 1.82) is 0 Å². The van der Waals surface area contributed by atoms with Crippen LogP contribution in [0.4, 0.5) is 4.79 Å². The number of allylic oxidation sites excluding steroid dienone is 3. The molecule has 0 aromatic heterocycles. The van der Waals surface area contributed by atoms with Crippen molar-refractivity contribution in [2.24, 2.45) is 11.8 Å². The van der Waals surface area contributed by atoms with E-state index in [9.17, 15) is 9.59 Å². The lowest BCUT2D eigenvalue weighted by atomic mass is 9.98. The van der Waals surface area contributed by atoms with Crippen molar-refractivity contribution in [3.05, 3.63) is 22.9 Å². The standard InChI is InChI=1S/C20H36N4O2.C7H12/c1-14(2)7-8-22-20(26)23-17(6)18(15(3)4)13-16(5)19(25)24-11-9-21-10-12-24;1-3-5-7-6-4-2/h13-15,21H,7-12H2,1-6H3,(H2,22,23,26);3-5H2,1-2H3/b16-13+,18-17-;. The van der Waals surface area contributed by atoms with Gasteiger partial charge in [-0.3, -0.25) is 4.79 Å². The van der Waals surface area contributed by atoms with Gasteiger partial charge in [-0.15, -0.1) is 11.8 Å². The minimum atomic E-state index is -0.194. The zero-order valence-electron chi connectivity index (χ0n) is 22.4. The summed E-state index contributed by atoms with van der Waals surface area (Å²) in [6, 6.07) is -0.194. The van der Waals surface area contributed by atoms with Crippen LogP contribution >= 0.6 is 0 Å². The molecule has 6 nitrogen and oxygen atoms in total. The molecule has 0 atom stereocenters. The van der Waals surface area contributed by atoms with Crippen molar-refractivity contribution in [2.45, 2.75) is 81.1 Å². The average Bonchev–Trinajstić information content (AvgIpc) is 2.77. The molecule has 0 unspecified atom stereocenters. The minimum absolute atomic E-state index is 0.0684. The molecule has 0 spiro atoms. The number of piperazine rings is 1. The third kappa shape index (κ3) is 14.5. The third-order valence-corrected chi connectivity index (χ3v) is 5.15. The van der Waals surface area contributed by atoms with E-state index in [0.29, 0.717) is 18.0 Å². The summed E-state index contributed by atoms with van der Waals surface area (Å²) in [5.41, 5.74) is 2.47. The highest BCUT2D eigenvalue weighted by molar-refractivity contribution is 5.93. The van der Waals surface area contributed by atoms with Gasteiger partial charge in [0.05, 0.1) is 0 Å². The Hall–Kier alpha value is -2.26. The lowest BCUT2D eigenvalue weighted by molar-refractivity contribution is -0.127. The van der Waals surface area contributed by atoms with Crippen LogP contribution in [0, 0.1) is 23.7 Å². The first-order valence-corrected chi connectivity index (χ1v) is 12.5. The monoisotopic (exact) mass is 460 g/mol. The molecule has 6 heteroatoms. The zero-order valence-corrected chi connectivity index (χ0v) is 22.4. The number of nitrogens with zero attached hydrogens (tertiary/aromatic N) is 1. The number of rotatable bonds is 8. The summed E-state index contributed by atoms with van der Waals surface area (Å²) in [7, 11) is 0. The summed E-state index contributed by atoms with van der Waals surface area (Å²) in [4.78, 5) is 26.6. The molecule has 1 fully saturated rings. The average molecular weight is 461 g/mol. The van der Waals surface area contributed by atoms with Crippen LogP contribution in [0.5, 0.6) is 0 Å². The topological polar surface area (TPSA) is 73.5 Å². The van der Waals surface area contributed by atoms with E-state index in [1.807, 2.05) is 24.8 Å². The van der Waals surface area contributed by atoms with E-state index in [1.165, 1.54) is 6.42 Å². The molecule has 0 radical (unpaired) electrons. The molecule has 0 aromatic carbocycles. The van der Waals surface area contributed by atoms with Gasteiger partial charge in [-0.2, -0.15) is 0 Å². The smallest absolute Gasteiger partial charge is 0.318 e. The second-order valence-electron chi connectivity index (χ2n) is 9.13. The maximum absolute atomic E-state index is 12.6. The Balaban J connectivity index is 0.00000126. The van der Waals surface area contributed by atoms with Gasteiger partial charge < -0.3 is 20.9 Å². The van der Waals surface area contributed by atoms with Crippen molar-refractivity contribution in [2.75, 3.05) is 32.7 Å². The van der Waals surface area contributed by atoms with E-state index < -0.39 is 0 Å². The maximum atomic E-state index is 12.6. The van der Waals surface area contributed by atoms with Crippen molar-refractivity contribution < 1.29 is 9.59 Å². The summed E-state index contributed by atoms with van der Waals surface area (Å²) in [5.74, 6) is 6.86. The lowest BCUT2D eigenvalue weighted by Crippen LogP contribution is -2.46. The zero-order chi connectivity index (χ0) is 25.2. The molecule has 3 N–H and O–H groups in total. The van der Waals surface area contributed by atoms with Crippen LogP contribution in [-0.2, 0) is 4.79 Å². The fraction of sp³-hybridized carbons (Fsp3) is 0.704. The Bertz CT molecular complexity index is 705. The first kappa shape index (κ1) is 30.7. The minimum Gasteiger partial charge on any atom is -0.338 e. The van der Waals surface area contributed by atoms with Gasteiger partial charge in [0, 0.05) is 56.8 Å². The number of carbonyl (C=O) groups excluding carboxylic acids is 2. The molecule has 0 bridgehead atoms. The van der Waals surface area contributed by atoms with Gasteiger partial charge in [-0.05, 0) is 50.2 Å². The molecule has 33 heavy (non-hydrogen) atoms. The van der Waals surface area contributed by atoms with E-state index in [-0.39, 0.29) is 17.9 Å². The summed E-state index contributed by atoms with van der Waals surface area (Å²) < 4.78 is 0. The Morgan fingerprint density at radius 3 is 2.21 bits per heavy atom. The highest BCUT2D eigenvalue weighted by Gasteiger charge is 2.18. The molecule has 3 amide bonds. The number of hydrogen-bond donors (Lipinski definition) is 3. The van der Waals surface area contributed by atoms with Crippen LogP contribution in [0.3, 0.4) is 0 Å². The van der Waals surface area contributed by atoms with Crippen LogP contribution in [-0.4, -0.2) is 49.6 Å². The number of nitrogens with one attached hydrogen (secondary N) is 3. The first-order valence-electron chi connectivity index (χ1n) is 12.5. The fourth-order valence-electron chi connectivity index (χ4n) is 3.22. The molecule has 188 valence electrons. The molecular formula is C27H48N4O2. The van der Waals surface area contributed by atoms with E-state index >= 15 is 0 Å². The van der Waals surface area contributed by atoms with Gasteiger partial charge in [0.1, 0.15) is 0 Å². The Morgan fingerprint density at radius 1 is 1.06 bits per heavy atom. The highest BCUT2D eigenvalue weighted by atomic mass is 16.2. The van der Waals surface area contributed by atoms with Gasteiger partial charge in [0.2, 0.25) is 5.91 Å². The van der Waals surface area contributed by atoms with Gasteiger partial charge >= 0.3 is 6.03 Å². The maximum Gasteiger partial charge on any atom is 0.318 e. The largest absolute Gasteiger partial charge is 0.338 e. The Labute approximate surface area is 203 Å². The number of unbranched alkanes of at least 4 members (excludes halogenated alkanes) is 1. The molecule has 1 saturated heterocycles. The van der Waals surface area contributed by atoms with Gasteiger partial charge in [-0.25, -0.2) is 4.79 Å². The molecule has 0 saturated carbocycles. The van der Waals surface area contributed by atoms with Gasteiger partial charge in [0.15, 0.2) is 0 Å². The van der Waals surface area contributed by atoms with E-state index in [1.54, 1.807) is 0 Å². The second kappa shape index (κ2) is 18.2. The first-order chi connectivity index (χ1) is 15.6. The van der Waals surface area contributed by atoms with Crippen LogP contribution in [0.15, 0.2) is 22.9 Å². The Morgan fingerprint density at radius 2 is 1.70 bits per heavy atom. The molecule has 1 aliphatic heterocycles. The number of hydrogen-bond acceptors (Lipinski definition) is 3. The lowest BCUT2D eigenvalue weighted by Gasteiger charge is -2.28. The predicted molar refractivity (Wildman–Crippen MR) is 140 cm³/mol. The quantitative estimate of drug-likeness (QED) is 0.276. The molecule has 0 aromatic rings. The molecule has 1 heterocycles. The van der Waals surface area contributed by atoms with E-state index in [0.717, 1.165) is 56.7 Å². The summed E-state index contributed by atoms with van der Waals surface area (Å²) in [6.45, 7) is 20.1. The normalized spacial score (nSPS) is 14.6. The fourth-order valence-corrected chi connectivity index (χ4v) is 3.22. The van der Waals surface area contributed by atoms with Crippen molar-refractivity contribution in [3.63, 3.8) is 0 Å². The highest BCUT2D eigenvalue weighted by Crippen LogP contribution is 2.18. The summed E-state index contributed by atoms with van der Waals surface area (Å²) >= 11 is 0. The van der Waals surface area contributed by atoms with Gasteiger partial charge in [-0.1, -0.05) is 41.5 Å². The van der Waals surface area contributed by atoms with Crippen molar-refractivity contribution in [1.82, 2.24) is 20.9 Å². The number of carbonyl (C=O) groups is 2. The van der Waals surface area contributed by atoms with E-state index in [2.05, 4.69) is 69.3 Å². The Kier molecular flexibility index (Phi) is 17.0. The van der Waals surface area contributed by atoms with E-state index in [4.69, 9.17) is 0 Å². The summed E-state index contributed by atoms with van der Waals surface area (Å²) in [6.07, 6.45) is 6.12.